The van der Waals surface area contributed by atoms with E-state index in [0.29, 0.717) is 16.0 Å². The number of nitrogens with one attached hydrogen (secondary N) is 2. The lowest BCUT2D eigenvalue weighted by Gasteiger charge is -2.18. The number of hydrogen-bond donors (Lipinski definition) is 2. The topological polar surface area (TPSA) is 70.6 Å². The van der Waals surface area contributed by atoms with Crippen molar-refractivity contribution in [2.45, 2.75) is 16.9 Å². The number of rotatable bonds is 4. The van der Waals surface area contributed by atoms with Gasteiger partial charge in [-0.3, -0.25) is 5.32 Å². The molecule has 1 aromatic heterocycles. The summed E-state index contributed by atoms with van der Waals surface area (Å²) in [6, 6.07) is 3.40. The van der Waals surface area contributed by atoms with E-state index in [1.54, 1.807) is 18.3 Å². The lowest BCUT2D eigenvalue weighted by atomic mass is 10.4. The van der Waals surface area contributed by atoms with Crippen molar-refractivity contribution in [3.05, 3.63) is 27.7 Å². The van der Waals surface area contributed by atoms with Gasteiger partial charge in [-0.15, -0.1) is 11.3 Å². The van der Waals surface area contributed by atoms with Crippen LogP contribution in [-0.2, 0) is 16.4 Å². The van der Waals surface area contributed by atoms with Crippen molar-refractivity contribution in [3.8, 4) is 0 Å². The molecule has 0 bridgehead atoms. The summed E-state index contributed by atoms with van der Waals surface area (Å²) < 4.78 is 23.9. The Hall–Kier alpha value is -0.410. The van der Waals surface area contributed by atoms with Crippen molar-refractivity contribution in [1.29, 1.82) is 0 Å². The first-order valence-electron chi connectivity index (χ1n) is 5.24. The van der Waals surface area contributed by atoms with Gasteiger partial charge in [0.2, 0.25) is 0 Å². The Kier molecular flexibility index (Phi) is 4.67. The van der Waals surface area contributed by atoms with E-state index >= 15 is 0 Å². The number of halogens is 2. The third-order valence-electron chi connectivity index (χ3n) is 2.30. The quantitative estimate of drug-likeness (QED) is 0.779. The second-order valence-corrected chi connectivity index (χ2v) is 8.55. The largest absolute Gasteiger partial charge is 0.336 e. The molecule has 0 amide bonds. The summed E-state index contributed by atoms with van der Waals surface area (Å²) in [5, 5.41) is 6.25. The molecule has 9 heteroatoms. The monoisotopic (exact) mass is 383 g/mol. The molecule has 2 N–H and O–H groups in total. The van der Waals surface area contributed by atoms with Gasteiger partial charge in [-0.2, -0.15) is 0 Å². The molecule has 104 valence electrons. The normalized spacial score (nSPS) is 19.6. The smallest absolute Gasteiger partial charge is 0.197 e. The lowest BCUT2D eigenvalue weighted by Crippen LogP contribution is -2.33. The lowest BCUT2D eigenvalue weighted by molar-refractivity contribution is 0.604. The van der Waals surface area contributed by atoms with E-state index < -0.39 is 9.84 Å². The highest BCUT2D eigenvalue weighted by Crippen LogP contribution is 2.22. The fourth-order valence-corrected chi connectivity index (χ4v) is 3.87. The van der Waals surface area contributed by atoms with Crippen LogP contribution < -0.4 is 10.6 Å². The Morgan fingerprint density at radius 1 is 1.58 bits per heavy atom. The third kappa shape index (κ3) is 4.03. The molecule has 0 aromatic carbocycles. The number of sulfone groups is 1. The van der Waals surface area contributed by atoms with E-state index in [4.69, 9.17) is 11.6 Å². The second kappa shape index (κ2) is 5.92. The zero-order chi connectivity index (χ0) is 14.0. The Morgan fingerprint density at radius 2 is 2.32 bits per heavy atom. The van der Waals surface area contributed by atoms with Crippen LogP contribution in [0.2, 0.25) is 0 Å². The summed E-state index contributed by atoms with van der Waals surface area (Å²) in [4.78, 5) is 5.09. The minimum Gasteiger partial charge on any atom is -0.336 e. The van der Waals surface area contributed by atoms with Crippen LogP contribution in [0.15, 0.2) is 32.0 Å². The zero-order valence-electron chi connectivity index (χ0n) is 9.85. The van der Waals surface area contributed by atoms with E-state index in [2.05, 4.69) is 31.6 Å². The van der Waals surface area contributed by atoms with Gasteiger partial charge in [0.15, 0.2) is 15.1 Å². The van der Waals surface area contributed by atoms with Crippen molar-refractivity contribution < 1.29 is 8.42 Å². The number of aliphatic imine (C=N–C) groups is 1. The van der Waals surface area contributed by atoms with E-state index in [1.807, 2.05) is 0 Å². The summed E-state index contributed by atoms with van der Waals surface area (Å²) in [5.74, 6) is 0. The standard InChI is InChI=1S/C10H11BrClN3O2S2/c1-19(16,17)8-3-2-6(18-8)4-13-9-7(11)5-14-10(12)15-9/h2-3,5,9,13H,4H2,1H3,(H,14,15). The van der Waals surface area contributed by atoms with Gasteiger partial charge < -0.3 is 5.32 Å². The molecule has 0 spiro atoms. The average Bonchev–Trinajstić information content (AvgIpc) is 2.79. The Bertz CT molecular complexity index is 639. The maximum atomic E-state index is 11.4. The summed E-state index contributed by atoms with van der Waals surface area (Å²) in [7, 11) is -3.13. The van der Waals surface area contributed by atoms with Crippen molar-refractivity contribution in [1.82, 2.24) is 10.6 Å². The minimum absolute atomic E-state index is 0.266. The molecule has 0 aliphatic carbocycles. The molecule has 1 atom stereocenters. The summed E-state index contributed by atoms with van der Waals surface area (Å²) in [5.41, 5.74) is 0. The van der Waals surface area contributed by atoms with Crippen molar-refractivity contribution in [2.75, 3.05) is 6.26 Å². The summed E-state index contributed by atoms with van der Waals surface area (Å²) in [6.07, 6.45) is 2.65. The number of amidine groups is 1. The fraction of sp³-hybridized carbons (Fsp3) is 0.300. The van der Waals surface area contributed by atoms with Crippen LogP contribution in [0.3, 0.4) is 0 Å². The molecule has 0 saturated carbocycles. The predicted octanol–water partition coefficient (Wildman–Crippen LogP) is 2.00. The zero-order valence-corrected chi connectivity index (χ0v) is 13.8. The van der Waals surface area contributed by atoms with Gasteiger partial charge in [-0.25, -0.2) is 13.4 Å². The maximum absolute atomic E-state index is 11.4. The Labute approximate surface area is 128 Å². The second-order valence-electron chi connectivity index (χ2n) is 3.87. The van der Waals surface area contributed by atoms with Crippen molar-refractivity contribution >= 4 is 54.0 Å². The molecule has 1 aliphatic rings. The van der Waals surface area contributed by atoms with Crippen LogP contribution in [0.4, 0.5) is 0 Å². The van der Waals surface area contributed by atoms with E-state index in [9.17, 15) is 8.42 Å². The fourth-order valence-electron chi connectivity index (χ4n) is 1.41. The molecule has 5 nitrogen and oxygen atoms in total. The SMILES string of the molecule is CS(=O)(=O)c1ccc(CNC2N=C(Cl)NC=C2Br)s1. The van der Waals surface area contributed by atoms with Crippen LogP contribution in [0, 0.1) is 0 Å². The van der Waals surface area contributed by atoms with Gasteiger partial charge in [0.05, 0.1) is 4.48 Å². The van der Waals surface area contributed by atoms with E-state index in [0.717, 1.165) is 9.36 Å². The van der Waals surface area contributed by atoms with Gasteiger partial charge in [-0.1, -0.05) is 15.9 Å². The number of hydrogen-bond acceptors (Lipinski definition) is 6. The first-order valence-corrected chi connectivity index (χ1v) is 9.12. The molecule has 1 aromatic rings. The molecular formula is C10H11BrClN3O2S2. The highest BCUT2D eigenvalue weighted by Gasteiger charge is 2.16. The molecular weight excluding hydrogens is 374 g/mol. The minimum atomic E-state index is -3.13. The Morgan fingerprint density at radius 3 is 2.95 bits per heavy atom. The average molecular weight is 385 g/mol. The molecule has 2 heterocycles. The van der Waals surface area contributed by atoms with Crippen LogP contribution in [0.25, 0.3) is 0 Å². The molecule has 0 radical (unpaired) electrons. The van der Waals surface area contributed by atoms with Crippen molar-refractivity contribution in [3.63, 3.8) is 0 Å². The van der Waals surface area contributed by atoms with Crippen LogP contribution in [0.1, 0.15) is 4.88 Å². The molecule has 1 unspecified atom stereocenters. The molecule has 1 aliphatic heterocycles. The van der Waals surface area contributed by atoms with E-state index in [1.165, 1.54) is 17.6 Å². The molecule has 0 saturated heterocycles. The summed E-state index contributed by atoms with van der Waals surface area (Å²) >= 11 is 10.4. The van der Waals surface area contributed by atoms with Gasteiger partial charge in [0.1, 0.15) is 10.4 Å². The number of thiophene rings is 1. The third-order valence-corrected chi connectivity index (χ3v) is 6.08. The van der Waals surface area contributed by atoms with E-state index in [-0.39, 0.29) is 6.17 Å². The Balaban J connectivity index is 2.01. The summed E-state index contributed by atoms with van der Waals surface area (Å²) in [6.45, 7) is 0.515. The van der Waals surface area contributed by atoms with Gasteiger partial charge in [0, 0.05) is 23.9 Å². The van der Waals surface area contributed by atoms with Gasteiger partial charge in [0.25, 0.3) is 0 Å². The first kappa shape index (κ1) is 15.0. The maximum Gasteiger partial charge on any atom is 0.197 e. The van der Waals surface area contributed by atoms with Crippen LogP contribution >= 0.6 is 38.9 Å². The molecule has 0 fully saturated rings. The van der Waals surface area contributed by atoms with Crippen LogP contribution in [-0.4, -0.2) is 26.1 Å². The molecule has 19 heavy (non-hydrogen) atoms. The first-order chi connectivity index (χ1) is 8.86. The number of nitrogens with zero attached hydrogens (tertiary/aromatic N) is 1. The highest BCUT2D eigenvalue weighted by molar-refractivity contribution is 9.11. The van der Waals surface area contributed by atoms with Crippen LogP contribution in [0.5, 0.6) is 0 Å². The molecule has 2 rings (SSSR count). The van der Waals surface area contributed by atoms with Gasteiger partial charge in [-0.05, 0) is 23.7 Å². The highest BCUT2D eigenvalue weighted by atomic mass is 79.9. The van der Waals surface area contributed by atoms with Gasteiger partial charge >= 0.3 is 0 Å². The van der Waals surface area contributed by atoms with Crippen molar-refractivity contribution in [2.24, 2.45) is 4.99 Å². The predicted molar refractivity (Wildman–Crippen MR) is 81.5 cm³/mol.